The van der Waals surface area contributed by atoms with Gasteiger partial charge in [0.15, 0.2) is 0 Å². The van der Waals surface area contributed by atoms with Crippen LogP contribution in [0.25, 0.3) is 11.1 Å². The summed E-state index contributed by atoms with van der Waals surface area (Å²) in [6.07, 6.45) is -1.39. The molecule has 0 radical (unpaired) electrons. The zero-order valence-electron chi connectivity index (χ0n) is 17.7. The molecule has 32 heavy (non-hydrogen) atoms. The fraction of sp³-hybridized carbons (Fsp3) is 0.375. The van der Waals surface area contributed by atoms with Gasteiger partial charge >= 0.3 is 12.1 Å². The number of β-amino-alcohol motifs (C(OH)–C–C–N with tert-alkyl or cyclic N) is 1. The summed E-state index contributed by atoms with van der Waals surface area (Å²) in [6.45, 7) is 1.76. The smallest absolute Gasteiger partial charge is 0.407 e. The summed E-state index contributed by atoms with van der Waals surface area (Å²) in [5.41, 5.74) is 4.40. The molecule has 1 fully saturated rings. The zero-order valence-corrected chi connectivity index (χ0v) is 17.7. The Morgan fingerprint density at radius 3 is 2.25 bits per heavy atom. The summed E-state index contributed by atoms with van der Waals surface area (Å²) < 4.78 is 5.49. The molecule has 4 rings (SSSR count). The minimum absolute atomic E-state index is 0.0253. The van der Waals surface area contributed by atoms with Gasteiger partial charge in [-0.3, -0.25) is 4.79 Å². The van der Waals surface area contributed by atoms with Crippen LogP contribution >= 0.6 is 0 Å². The first-order valence-electron chi connectivity index (χ1n) is 10.7. The van der Waals surface area contributed by atoms with Gasteiger partial charge in [0.05, 0.1) is 6.10 Å². The number of rotatable bonds is 6. The Kier molecular flexibility index (Phi) is 6.14. The number of hydrogen-bond donors (Lipinski definition) is 3. The van der Waals surface area contributed by atoms with Gasteiger partial charge < -0.3 is 25.2 Å². The van der Waals surface area contributed by atoms with Gasteiger partial charge in [0, 0.05) is 18.9 Å². The maximum Gasteiger partial charge on any atom is 0.407 e. The van der Waals surface area contributed by atoms with Crippen LogP contribution in [0.2, 0.25) is 0 Å². The summed E-state index contributed by atoms with van der Waals surface area (Å²) in [5, 5.41) is 21.7. The molecule has 0 aromatic heterocycles. The molecule has 0 spiro atoms. The Morgan fingerprint density at radius 1 is 1.09 bits per heavy atom. The SMILES string of the molecule is CC[C@@H](NC(=O)OCC1c2ccccc2-c2ccccc21)C(=O)N1C[C@H](O)C[C@@H]1C(=O)O. The lowest BCUT2D eigenvalue weighted by Crippen LogP contribution is -2.51. The van der Waals surface area contributed by atoms with Gasteiger partial charge in [-0.1, -0.05) is 55.5 Å². The molecule has 8 heteroatoms. The lowest BCUT2D eigenvalue weighted by atomic mass is 9.98. The van der Waals surface area contributed by atoms with Crippen LogP contribution in [0, 0.1) is 0 Å². The number of fused-ring (bicyclic) bond motifs is 3. The Morgan fingerprint density at radius 2 is 1.69 bits per heavy atom. The molecule has 1 heterocycles. The highest BCUT2D eigenvalue weighted by Gasteiger charge is 2.41. The molecule has 0 saturated carbocycles. The molecule has 1 aliphatic heterocycles. The van der Waals surface area contributed by atoms with Gasteiger partial charge in [-0.15, -0.1) is 0 Å². The maximum atomic E-state index is 12.8. The van der Waals surface area contributed by atoms with E-state index in [4.69, 9.17) is 4.74 Å². The van der Waals surface area contributed by atoms with Gasteiger partial charge in [-0.05, 0) is 28.7 Å². The van der Waals surface area contributed by atoms with Crippen LogP contribution in [0.15, 0.2) is 48.5 Å². The highest BCUT2D eigenvalue weighted by molar-refractivity contribution is 5.90. The number of benzene rings is 2. The van der Waals surface area contributed by atoms with Crippen LogP contribution < -0.4 is 5.32 Å². The van der Waals surface area contributed by atoms with Crippen molar-refractivity contribution in [2.45, 2.75) is 43.9 Å². The van der Waals surface area contributed by atoms with E-state index in [9.17, 15) is 24.6 Å². The van der Waals surface area contributed by atoms with E-state index in [2.05, 4.69) is 5.32 Å². The first-order valence-corrected chi connectivity index (χ1v) is 10.7. The molecule has 2 amide bonds. The largest absolute Gasteiger partial charge is 0.480 e. The van der Waals surface area contributed by atoms with Crippen LogP contribution in [0.1, 0.15) is 36.8 Å². The van der Waals surface area contributed by atoms with Crippen LogP contribution in [0.4, 0.5) is 4.79 Å². The van der Waals surface area contributed by atoms with E-state index in [1.165, 1.54) is 0 Å². The van der Waals surface area contributed by atoms with Crippen molar-refractivity contribution < 1.29 is 29.3 Å². The molecule has 3 N–H and O–H groups in total. The molecule has 3 atom stereocenters. The van der Waals surface area contributed by atoms with Gasteiger partial charge in [0.1, 0.15) is 18.7 Å². The first kappa shape index (κ1) is 21.8. The number of aliphatic hydroxyl groups is 1. The number of nitrogens with zero attached hydrogens (tertiary/aromatic N) is 1. The second-order valence-electron chi connectivity index (χ2n) is 8.16. The van der Waals surface area contributed by atoms with E-state index in [0.717, 1.165) is 27.2 Å². The number of aliphatic hydroxyl groups excluding tert-OH is 1. The predicted octanol–water partition coefficient (Wildman–Crippen LogP) is 2.35. The standard InChI is InChI=1S/C24H26N2O6/c1-2-20(22(28)26-12-14(27)11-21(26)23(29)30)25-24(31)32-13-19-17-9-5-3-7-15(17)16-8-4-6-10-18(16)19/h3-10,14,19-21,27H,2,11-13H2,1H3,(H,25,31)(H,29,30)/t14-,20-,21-/m1/s1. The van der Waals surface area contributed by atoms with Gasteiger partial charge in [0.25, 0.3) is 0 Å². The third-order valence-corrected chi connectivity index (χ3v) is 6.19. The molecule has 2 aromatic carbocycles. The van der Waals surface area contributed by atoms with E-state index >= 15 is 0 Å². The Balaban J connectivity index is 1.41. The lowest BCUT2D eigenvalue weighted by molar-refractivity contribution is -0.149. The molecule has 0 bridgehead atoms. The molecule has 1 saturated heterocycles. The number of ether oxygens (including phenoxy) is 1. The number of carbonyl (C=O) groups is 3. The van der Waals surface area contributed by atoms with Crippen molar-refractivity contribution in [3.8, 4) is 11.1 Å². The maximum absolute atomic E-state index is 12.8. The molecule has 0 unspecified atom stereocenters. The van der Waals surface area contributed by atoms with E-state index in [1.807, 2.05) is 48.5 Å². The third-order valence-electron chi connectivity index (χ3n) is 6.19. The summed E-state index contributed by atoms with van der Waals surface area (Å²) in [5.74, 6) is -1.81. The van der Waals surface area contributed by atoms with Crippen molar-refractivity contribution in [3.05, 3.63) is 59.7 Å². The molecule has 1 aliphatic carbocycles. The average Bonchev–Trinajstić information content (AvgIpc) is 3.34. The van der Waals surface area contributed by atoms with Crippen molar-refractivity contribution in [2.75, 3.05) is 13.2 Å². The second-order valence-corrected chi connectivity index (χ2v) is 8.16. The highest BCUT2D eigenvalue weighted by Crippen LogP contribution is 2.44. The molecular weight excluding hydrogens is 412 g/mol. The summed E-state index contributed by atoms with van der Waals surface area (Å²) in [7, 11) is 0. The molecule has 2 aromatic rings. The number of carboxylic acid groups (broad SMARTS) is 1. The number of amides is 2. The van der Waals surface area contributed by atoms with E-state index in [0.29, 0.717) is 0 Å². The Hall–Kier alpha value is -3.39. The van der Waals surface area contributed by atoms with Gasteiger partial charge in [-0.2, -0.15) is 0 Å². The number of carbonyl (C=O) groups excluding carboxylic acids is 2. The Labute approximate surface area is 185 Å². The number of aliphatic carboxylic acids is 1. The Bertz CT molecular complexity index is 993. The highest BCUT2D eigenvalue weighted by atomic mass is 16.5. The van der Waals surface area contributed by atoms with Gasteiger partial charge in [-0.25, -0.2) is 9.59 Å². The molecule has 168 valence electrons. The number of likely N-dealkylation sites (tertiary alicyclic amines) is 1. The van der Waals surface area contributed by atoms with Crippen LogP contribution in [-0.4, -0.2) is 64.4 Å². The van der Waals surface area contributed by atoms with E-state index < -0.39 is 36.2 Å². The number of nitrogens with one attached hydrogen (secondary N) is 1. The van der Waals surface area contributed by atoms with Gasteiger partial charge in [0.2, 0.25) is 5.91 Å². The normalized spacial score (nSPS) is 20.4. The average molecular weight is 438 g/mol. The number of alkyl carbamates (subject to hydrolysis) is 1. The summed E-state index contributed by atoms with van der Waals surface area (Å²) >= 11 is 0. The molecule has 8 nitrogen and oxygen atoms in total. The first-order chi connectivity index (χ1) is 15.4. The summed E-state index contributed by atoms with van der Waals surface area (Å²) in [6, 6.07) is 13.9. The second kappa shape index (κ2) is 9.00. The summed E-state index contributed by atoms with van der Waals surface area (Å²) in [4.78, 5) is 37.9. The van der Waals surface area contributed by atoms with Crippen molar-refractivity contribution in [2.24, 2.45) is 0 Å². The van der Waals surface area contributed by atoms with Crippen LogP contribution in [-0.2, 0) is 14.3 Å². The van der Waals surface area contributed by atoms with Crippen molar-refractivity contribution in [1.29, 1.82) is 0 Å². The predicted molar refractivity (Wildman–Crippen MR) is 116 cm³/mol. The lowest BCUT2D eigenvalue weighted by Gasteiger charge is -2.26. The molecular formula is C24H26N2O6. The topological polar surface area (TPSA) is 116 Å². The number of carboxylic acids is 1. The quantitative estimate of drug-likeness (QED) is 0.638. The van der Waals surface area contributed by atoms with Crippen molar-refractivity contribution in [3.63, 3.8) is 0 Å². The zero-order chi connectivity index (χ0) is 22.8. The molecule has 2 aliphatic rings. The van der Waals surface area contributed by atoms with E-state index in [1.54, 1.807) is 6.92 Å². The van der Waals surface area contributed by atoms with Crippen molar-refractivity contribution >= 4 is 18.0 Å². The van der Waals surface area contributed by atoms with Crippen molar-refractivity contribution in [1.82, 2.24) is 10.2 Å². The monoisotopic (exact) mass is 438 g/mol. The van der Waals surface area contributed by atoms with E-state index in [-0.39, 0.29) is 31.9 Å². The minimum Gasteiger partial charge on any atom is -0.480 e. The van der Waals surface area contributed by atoms with Crippen LogP contribution in [0.5, 0.6) is 0 Å². The minimum atomic E-state index is -1.18. The fourth-order valence-corrected chi connectivity index (χ4v) is 4.61. The van der Waals surface area contributed by atoms with Crippen LogP contribution in [0.3, 0.4) is 0 Å². The third kappa shape index (κ3) is 4.05. The fourth-order valence-electron chi connectivity index (χ4n) is 4.61. The number of hydrogen-bond acceptors (Lipinski definition) is 5.